The number of phenols is 3. The summed E-state index contributed by atoms with van der Waals surface area (Å²) >= 11 is 5.71. The highest BCUT2D eigenvalue weighted by Crippen LogP contribution is 2.34. The van der Waals surface area contributed by atoms with E-state index in [1.54, 1.807) is 12.1 Å². The van der Waals surface area contributed by atoms with Crippen LogP contribution in [0.3, 0.4) is 0 Å². The second-order valence-corrected chi connectivity index (χ2v) is 4.53. The molecule has 2 rings (SSSR count). The van der Waals surface area contributed by atoms with E-state index in [0.29, 0.717) is 11.1 Å². The average Bonchev–Trinajstić information content (AvgIpc) is 2.42. The van der Waals surface area contributed by atoms with E-state index in [1.165, 1.54) is 36.4 Å². The topological polar surface area (TPSA) is 77.8 Å². The number of hydrogen-bond acceptors (Lipinski definition) is 4. The maximum absolute atomic E-state index is 11.9. The molecule has 2 aromatic rings. The van der Waals surface area contributed by atoms with Gasteiger partial charge in [0.15, 0.2) is 17.3 Å². The number of benzene rings is 2. The third-order valence-electron chi connectivity index (χ3n) is 2.62. The normalized spacial score (nSPS) is 10.8. The summed E-state index contributed by atoms with van der Waals surface area (Å²) in [5.74, 6) is -1.05. The highest BCUT2D eigenvalue weighted by atomic mass is 35.5. The Morgan fingerprint density at radius 1 is 1.10 bits per heavy atom. The summed E-state index contributed by atoms with van der Waals surface area (Å²) in [7, 11) is 0. The van der Waals surface area contributed by atoms with Gasteiger partial charge < -0.3 is 15.3 Å². The van der Waals surface area contributed by atoms with E-state index < -0.39 is 5.75 Å². The predicted octanol–water partition coefficient (Wildman–Crippen LogP) is 3.35. The number of ketones is 1. The van der Waals surface area contributed by atoms with Gasteiger partial charge in [-0.2, -0.15) is 0 Å². The molecule has 0 saturated heterocycles. The van der Waals surface area contributed by atoms with Crippen molar-refractivity contribution in [2.45, 2.75) is 0 Å². The maximum Gasteiger partial charge on any atom is 0.185 e. The van der Waals surface area contributed by atoms with Gasteiger partial charge in [0, 0.05) is 5.56 Å². The van der Waals surface area contributed by atoms with Crippen molar-refractivity contribution >= 4 is 23.5 Å². The molecule has 4 nitrogen and oxygen atoms in total. The molecule has 0 spiro atoms. The molecule has 0 amide bonds. The third kappa shape index (κ3) is 3.10. The lowest BCUT2D eigenvalue weighted by Gasteiger charge is -2.02. The first kappa shape index (κ1) is 14.0. The number of hydrogen-bond donors (Lipinski definition) is 3. The Kier molecular flexibility index (Phi) is 3.96. The van der Waals surface area contributed by atoms with Gasteiger partial charge in [0.1, 0.15) is 5.75 Å². The molecule has 0 aliphatic rings. The van der Waals surface area contributed by atoms with Gasteiger partial charge >= 0.3 is 0 Å². The predicted molar refractivity (Wildman–Crippen MR) is 76.3 cm³/mol. The Morgan fingerprint density at radius 3 is 2.50 bits per heavy atom. The van der Waals surface area contributed by atoms with Crippen LogP contribution in [0.4, 0.5) is 0 Å². The van der Waals surface area contributed by atoms with E-state index in [-0.39, 0.29) is 22.3 Å². The second kappa shape index (κ2) is 5.67. The van der Waals surface area contributed by atoms with E-state index >= 15 is 0 Å². The molecule has 102 valence electrons. The monoisotopic (exact) mass is 290 g/mol. The maximum atomic E-state index is 11.9. The Morgan fingerprint density at radius 2 is 1.85 bits per heavy atom. The second-order valence-electron chi connectivity index (χ2n) is 4.12. The molecule has 0 fully saturated rings. The van der Waals surface area contributed by atoms with Crippen molar-refractivity contribution in [1.82, 2.24) is 0 Å². The summed E-state index contributed by atoms with van der Waals surface area (Å²) in [4.78, 5) is 11.9. The van der Waals surface area contributed by atoms with Crippen LogP contribution in [0, 0.1) is 0 Å². The number of carbonyl (C=O) groups excluding carboxylic acids is 1. The zero-order valence-corrected chi connectivity index (χ0v) is 11.0. The average molecular weight is 291 g/mol. The van der Waals surface area contributed by atoms with Crippen LogP contribution in [0.15, 0.2) is 42.5 Å². The van der Waals surface area contributed by atoms with Crippen LogP contribution < -0.4 is 0 Å². The fraction of sp³-hybridized carbons (Fsp3) is 0. The van der Waals surface area contributed by atoms with Crippen LogP contribution in [0.25, 0.3) is 6.08 Å². The van der Waals surface area contributed by atoms with E-state index in [9.17, 15) is 20.1 Å². The van der Waals surface area contributed by atoms with Gasteiger partial charge in [0.05, 0.1) is 5.02 Å². The molecule has 0 bridgehead atoms. The lowest BCUT2D eigenvalue weighted by Crippen LogP contribution is -1.93. The number of aromatic hydroxyl groups is 3. The van der Waals surface area contributed by atoms with Crippen LogP contribution in [0.1, 0.15) is 15.9 Å². The first-order valence-corrected chi connectivity index (χ1v) is 6.08. The number of halogens is 1. The molecule has 0 atom stereocenters. The summed E-state index contributed by atoms with van der Waals surface area (Å²) in [6.45, 7) is 0. The van der Waals surface area contributed by atoms with E-state index in [2.05, 4.69) is 0 Å². The van der Waals surface area contributed by atoms with Crippen LogP contribution in [-0.4, -0.2) is 21.1 Å². The first-order chi connectivity index (χ1) is 9.47. The molecule has 5 heteroatoms. The Balaban J connectivity index is 2.23. The van der Waals surface area contributed by atoms with Crippen LogP contribution >= 0.6 is 11.6 Å². The highest BCUT2D eigenvalue weighted by molar-refractivity contribution is 6.32. The minimum Gasteiger partial charge on any atom is -0.508 e. The molecule has 0 aliphatic heterocycles. The minimum absolute atomic E-state index is 0.00513. The van der Waals surface area contributed by atoms with E-state index in [4.69, 9.17) is 11.6 Å². The van der Waals surface area contributed by atoms with Crippen LogP contribution in [-0.2, 0) is 0 Å². The fourth-order valence-electron chi connectivity index (χ4n) is 1.63. The molecule has 20 heavy (non-hydrogen) atoms. The van der Waals surface area contributed by atoms with Crippen molar-refractivity contribution in [2.75, 3.05) is 0 Å². The van der Waals surface area contributed by atoms with Crippen molar-refractivity contribution in [2.24, 2.45) is 0 Å². The standard InChI is InChI=1S/C15H11ClO4/c16-12-6-9(7-14(19)15(12)20)4-5-13(18)10-2-1-3-11(17)8-10/h1-8,17,19-20H/b5-4+. The van der Waals surface area contributed by atoms with Gasteiger partial charge in [0.25, 0.3) is 0 Å². The smallest absolute Gasteiger partial charge is 0.185 e. The van der Waals surface area contributed by atoms with Crippen LogP contribution in [0.2, 0.25) is 5.02 Å². The Labute approximate surface area is 120 Å². The summed E-state index contributed by atoms with van der Waals surface area (Å²) in [5, 5.41) is 28.0. The number of phenolic OH excluding ortho intramolecular Hbond substituents is 3. The first-order valence-electron chi connectivity index (χ1n) is 5.70. The molecule has 0 radical (unpaired) electrons. The molecule has 0 unspecified atom stereocenters. The van der Waals surface area contributed by atoms with Gasteiger partial charge in [-0.25, -0.2) is 0 Å². The molecular weight excluding hydrogens is 280 g/mol. The highest BCUT2D eigenvalue weighted by Gasteiger charge is 2.06. The zero-order valence-electron chi connectivity index (χ0n) is 10.2. The number of allylic oxidation sites excluding steroid dienone is 1. The largest absolute Gasteiger partial charge is 0.508 e. The van der Waals surface area contributed by atoms with Crippen molar-refractivity contribution in [3.05, 3.63) is 58.6 Å². The molecule has 0 saturated carbocycles. The van der Waals surface area contributed by atoms with Crippen LogP contribution in [0.5, 0.6) is 17.2 Å². The molecule has 0 aliphatic carbocycles. The molecule has 2 aromatic carbocycles. The molecule has 3 N–H and O–H groups in total. The Bertz CT molecular complexity index is 669. The van der Waals surface area contributed by atoms with Gasteiger partial charge in [-0.3, -0.25) is 4.79 Å². The lowest BCUT2D eigenvalue weighted by atomic mass is 10.1. The van der Waals surface area contributed by atoms with Crippen molar-refractivity contribution < 1.29 is 20.1 Å². The van der Waals surface area contributed by atoms with Crippen molar-refractivity contribution in [3.63, 3.8) is 0 Å². The van der Waals surface area contributed by atoms with Gasteiger partial charge in [-0.1, -0.05) is 29.8 Å². The molecule has 0 heterocycles. The summed E-state index contributed by atoms with van der Waals surface area (Å²) in [6.07, 6.45) is 2.74. The summed E-state index contributed by atoms with van der Waals surface area (Å²) in [5.41, 5.74) is 0.814. The third-order valence-corrected chi connectivity index (χ3v) is 2.91. The van der Waals surface area contributed by atoms with E-state index in [0.717, 1.165) is 0 Å². The van der Waals surface area contributed by atoms with Crippen molar-refractivity contribution in [1.29, 1.82) is 0 Å². The van der Waals surface area contributed by atoms with Gasteiger partial charge in [-0.05, 0) is 35.9 Å². The molecular formula is C15H11ClO4. The SMILES string of the molecule is O=C(/C=C/c1cc(O)c(O)c(Cl)c1)c1cccc(O)c1. The quantitative estimate of drug-likeness (QED) is 0.460. The fourth-order valence-corrected chi connectivity index (χ4v) is 1.85. The molecule has 0 aromatic heterocycles. The number of carbonyl (C=O) groups is 1. The van der Waals surface area contributed by atoms with Gasteiger partial charge in [0.2, 0.25) is 0 Å². The summed E-state index contributed by atoms with van der Waals surface area (Å²) < 4.78 is 0. The van der Waals surface area contributed by atoms with E-state index in [1.807, 2.05) is 0 Å². The number of rotatable bonds is 3. The summed E-state index contributed by atoms with van der Waals surface area (Å²) in [6, 6.07) is 8.68. The van der Waals surface area contributed by atoms with Gasteiger partial charge in [-0.15, -0.1) is 0 Å². The minimum atomic E-state index is -0.400. The Hall–Kier alpha value is -2.46. The van der Waals surface area contributed by atoms with Crippen molar-refractivity contribution in [3.8, 4) is 17.2 Å². The zero-order chi connectivity index (χ0) is 14.7. The lowest BCUT2D eigenvalue weighted by molar-refractivity contribution is 0.104.